The van der Waals surface area contributed by atoms with Crippen molar-refractivity contribution < 1.29 is 53.1 Å². The molecule has 15 heteroatoms. The highest BCUT2D eigenvalue weighted by molar-refractivity contribution is 14.1. The lowest BCUT2D eigenvalue weighted by molar-refractivity contribution is -0.476. The molecule has 1 aromatic rings. The molecule has 0 bridgehead atoms. The van der Waals surface area contributed by atoms with Gasteiger partial charge in [-0.3, -0.25) is 4.79 Å². The van der Waals surface area contributed by atoms with E-state index < -0.39 is 57.3 Å². The molecule has 0 aliphatic heterocycles. The van der Waals surface area contributed by atoms with Gasteiger partial charge in [-0.25, -0.2) is 4.39 Å². The summed E-state index contributed by atoms with van der Waals surface area (Å²) in [7, 11) is 0. The molecule has 2 nitrogen and oxygen atoms in total. The molecule has 2 rings (SSSR count). The molecule has 0 unspecified atom stereocenters. The number of nitrogens with one attached hydrogen (secondary N) is 1. The van der Waals surface area contributed by atoms with Crippen LogP contribution in [0, 0.1) is 0 Å². The maximum atomic E-state index is 14.7. The van der Waals surface area contributed by atoms with Gasteiger partial charge in [0.05, 0.1) is 0 Å². The van der Waals surface area contributed by atoms with Crippen molar-refractivity contribution in [3.05, 3.63) is 44.0 Å². The lowest BCUT2D eigenvalue weighted by Crippen LogP contribution is -2.83. The van der Waals surface area contributed by atoms with E-state index in [0.29, 0.717) is 4.47 Å². The second kappa shape index (κ2) is 8.82. The minimum Gasteiger partial charge on any atom is -0.352 e. The Balaban J connectivity index is 2.21. The highest BCUT2D eigenvalue weighted by atomic mass is 127. The van der Waals surface area contributed by atoms with Crippen molar-refractivity contribution in [2.24, 2.45) is 0 Å². The van der Waals surface area contributed by atoms with Crippen LogP contribution < -0.4 is 5.32 Å². The fraction of sp³-hybridized carbons (Fsp3) is 0.500. The summed E-state index contributed by atoms with van der Waals surface area (Å²) in [6.45, 7) is -0.230. The fourth-order valence-electron chi connectivity index (χ4n) is 2.88. The zero-order valence-electron chi connectivity index (χ0n) is 15.8. The first kappa shape index (κ1) is 28.1. The van der Waals surface area contributed by atoms with Crippen LogP contribution in [-0.4, -0.2) is 47.7 Å². The van der Waals surface area contributed by atoms with E-state index in [9.17, 15) is 53.1 Å². The third-order valence-corrected chi connectivity index (χ3v) is 6.21. The average Bonchev–Trinajstić information content (AvgIpc) is 2.69. The molecule has 0 heterocycles. The Hall–Kier alpha value is -1.13. The van der Waals surface area contributed by atoms with Gasteiger partial charge in [0.15, 0.2) is 0 Å². The number of allylic oxidation sites excluding steroid dienone is 2. The average molecular weight is 674 g/mol. The molecule has 33 heavy (non-hydrogen) atoms. The summed E-state index contributed by atoms with van der Waals surface area (Å²) in [6, 6.07) is 5.94. The Morgan fingerprint density at radius 2 is 1.24 bits per heavy atom. The lowest BCUT2D eigenvalue weighted by Gasteiger charge is -2.51. The molecule has 1 aromatic carbocycles. The van der Waals surface area contributed by atoms with Crippen molar-refractivity contribution in [1.82, 2.24) is 5.32 Å². The fourth-order valence-corrected chi connectivity index (χ4v) is 3.95. The Morgan fingerprint density at radius 1 is 0.818 bits per heavy atom. The highest BCUT2D eigenvalue weighted by Gasteiger charge is 3.00. The van der Waals surface area contributed by atoms with Gasteiger partial charge in [0.2, 0.25) is 0 Å². The quantitative estimate of drug-likeness (QED) is 0.194. The second-order valence-electron chi connectivity index (χ2n) is 7.04. The molecule has 1 aliphatic carbocycles. The Kier molecular flexibility index (Phi) is 7.52. The number of rotatable bonds is 6. The monoisotopic (exact) mass is 673 g/mol. The molecule has 1 fully saturated rings. The van der Waals surface area contributed by atoms with E-state index in [1.165, 1.54) is 12.1 Å². The topological polar surface area (TPSA) is 29.1 Å². The van der Waals surface area contributed by atoms with E-state index >= 15 is 0 Å². The van der Waals surface area contributed by atoms with Crippen molar-refractivity contribution in [2.75, 3.05) is 6.54 Å². The number of benzene rings is 1. The Morgan fingerprint density at radius 3 is 1.70 bits per heavy atom. The van der Waals surface area contributed by atoms with Gasteiger partial charge in [-0.1, -0.05) is 15.9 Å². The molecule has 1 amide bonds. The molecular formula is C18H12BrF11INO. The molecular weight excluding hydrogens is 662 g/mol. The van der Waals surface area contributed by atoms with Crippen LogP contribution in [0.15, 0.2) is 38.4 Å². The first-order valence-corrected chi connectivity index (χ1v) is 10.6. The zero-order valence-corrected chi connectivity index (χ0v) is 19.6. The van der Waals surface area contributed by atoms with E-state index in [1.54, 1.807) is 12.1 Å². The van der Waals surface area contributed by atoms with Crippen molar-refractivity contribution in [1.29, 1.82) is 0 Å². The standard InChI is InChI=1S/C18H12BrF11INO/c19-10-5-3-9(4-6-10)12(33)32-7-1-2-11(31)8-13(20)14(21,22)16(25,26)18(29,30)17(27,28)15(13,23)24/h3-6,8H,1-2,7H2,(H,32,33). The summed E-state index contributed by atoms with van der Waals surface area (Å²) in [4.78, 5) is 11.9. The largest absolute Gasteiger partial charge is 0.384 e. The van der Waals surface area contributed by atoms with Crippen molar-refractivity contribution in [3.63, 3.8) is 0 Å². The molecule has 1 aliphatic rings. The van der Waals surface area contributed by atoms with E-state index in [2.05, 4.69) is 21.2 Å². The predicted octanol–water partition coefficient (Wildman–Crippen LogP) is 7.18. The number of alkyl halides is 11. The van der Waals surface area contributed by atoms with Gasteiger partial charge < -0.3 is 5.32 Å². The highest BCUT2D eigenvalue weighted by Crippen LogP contribution is 2.69. The third kappa shape index (κ3) is 4.14. The number of halogens is 13. The van der Waals surface area contributed by atoms with Crippen LogP contribution in [0.5, 0.6) is 0 Å². The minimum atomic E-state index is -7.24. The maximum absolute atomic E-state index is 14.7. The summed E-state index contributed by atoms with van der Waals surface area (Å²) >= 11 is 4.10. The SMILES string of the molecule is O=C(NCCCC(I)=CC1(F)C(F)(F)C(F)(F)C(F)(F)C(F)(F)C1(F)F)c1ccc(Br)cc1. The number of amides is 1. The van der Waals surface area contributed by atoms with Gasteiger partial charge in [-0.15, -0.1) is 0 Å². The van der Waals surface area contributed by atoms with Crippen LogP contribution >= 0.6 is 38.5 Å². The summed E-state index contributed by atoms with van der Waals surface area (Å²) in [6.07, 6.45) is -1.74. The van der Waals surface area contributed by atoms with Gasteiger partial charge in [0.25, 0.3) is 11.6 Å². The second-order valence-corrected chi connectivity index (χ2v) is 9.34. The Labute approximate surface area is 201 Å². The number of hydrogen-bond acceptors (Lipinski definition) is 1. The summed E-state index contributed by atoms with van der Waals surface area (Å²) in [5, 5.41) is 2.34. The molecule has 0 spiro atoms. The van der Waals surface area contributed by atoms with Gasteiger partial charge in [-0.05, 0) is 69.4 Å². The molecule has 0 radical (unpaired) electrons. The number of carbonyl (C=O) groups excluding carboxylic acids is 1. The molecule has 0 aromatic heterocycles. The maximum Gasteiger partial charge on any atom is 0.384 e. The number of hydrogen-bond donors (Lipinski definition) is 1. The van der Waals surface area contributed by atoms with Gasteiger partial charge in [-0.2, -0.15) is 43.9 Å². The lowest BCUT2D eigenvalue weighted by atomic mass is 9.72. The van der Waals surface area contributed by atoms with Gasteiger partial charge >= 0.3 is 29.6 Å². The predicted molar refractivity (Wildman–Crippen MR) is 106 cm³/mol. The van der Waals surface area contributed by atoms with Gasteiger partial charge in [0, 0.05) is 16.6 Å². The van der Waals surface area contributed by atoms with Crippen molar-refractivity contribution in [2.45, 2.75) is 48.1 Å². The third-order valence-electron chi connectivity index (χ3n) is 4.83. The molecule has 0 saturated heterocycles. The van der Waals surface area contributed by atoms with Crippen LogP contribution in [0.4, 0.5) is 48.3 Å². The zero-order chi connectivity index (χ0) is 25.7. The van der Waals surface area contributed by atoms with Crippen molar-refractivity contribution >= 4 is 44.4 Å². The molecule has 1 saturated carbocycles. The van der Waals surface area contributed by atoms with Crippen LogP contribution in [0.3, 0.4) is 0 Å². The van der Waals surface area contributed by atoms with Crippen LogP contribution in [0.25, 0.3) is 0 Å². The Bertz CT molecular complexity index is 904. The van der Waals surface area contributed by atoms with E-state index in [-0.39, 0.29) is 18.5 Å². The first-order valence-electron chi connectivity index (χ1n) is 8.77. The van der Waals surface area contributed by atoms with Crippen molar-refractivity contribution in [3.8, 4) is 0 Å². The minimum absolute atomic E-state index is 0.207. The molecule has 186 valence electrons. The van der Waals surface area contributed by atoms with E-state index in [0.717, 1.165) is 22.6 Å². The summed E-state index contributed by atoms with van der Waals surface area (Å²) < 4.78 is 151. The van der Waals surface area contributed by atoms with E-state index in [4.69, 9.17) is 0 Å². The first-order chi connectivity index (χ1) is 14.8. The van der Waals surface area contributed by atoms with Crippen LogP contribution in [-0.2, 0) is 0 Å². The van der Waals surface area contributed by atoms with Gasteiger partial charge in [0.1, 0.15) is 0 Å². The van der Waals surface area contributed by atoms with E-state index in [1.807, 2.05) is 0 Å². The summed E-state index contributed by atoms with van der Waals surface area (Å²) in [5.74, 6) is -35.9. The smallest absolute Gasteiger partial charge is 0.352 e. The molecule has 0 atom stereocenters. The van der Waals surface area contributed by atoms with Crippen LogP contribution in [0.2, 0.25) is 0 Å². The van der Waals surface area contributed by atoms with Crippen LogP contribution in [0.1, 0.15) is 23.2 Å². The molecule has 1 N–H and O–H groups in total. The normalized spacial score (nSPS) is 24.2. The summed E-state index contributed by atoms with van der Waals surface area (Å²) in [5.41, 5.74) is -5.93. The number of carbonyl (C=O) groups is 1.